The highest BCUT2D eigenvalue weighted by Crippen LogP contribution is 2.30. The maximum Gasteiger partial charge on any atom is 0.208 e. The Morgan fingerprint density at radius 3 is 2.40 bits per heavy atom. The third-order valence-electron chi connectivity index (χ3n) is 1.96. The molecule has 2 nitrogen and oxygen atoms in total. The molecule has 1 rings (SSSR count). The molecule has 10 heavy (non-hydrogen) atoms. The van der Waals surface area contributed by atoms with Crippen LogP contribution < -0.4 is 5.32 Å². The predicted molar refractivity (Wildman–Crippen MR) is 40.9 cm³/mol. The Balaban J connectivity index is 2.39. The Kier molecular flexibility index (Phi) is 2.55. The second kappa shape index (κ2) is 3.24. The molecule has 0 bridgehead atoms. The van der Waals surface area contributed by atoms with Crippen LogP contribution in [0.5, 0.6) is 0 Å². The molecule has 1 aliphatic carbocycles. The fourth-order valence-electron chi connectivity index (χ4n) is 1.36. The average molecular weight is 162 g/mol. The summed E-state index contributed by atoms with van der Waals surface area (Å²) in [6, 6.07) is 0. The maximum absolute atomic E-state index is 10.1. The monoisotopic (exact) mass is 161 g/mol. The lowest BCUT2D eigenvalue weighted by atomic mass is 9.95. The third kappa shape index (κ3) is 1.87. The van der Waals surface area contributed by atoms with Crippen LogP contribution in [0.3, 0.4) is 0 Å². The normalized spacial score (nSPS) is 23.7. The van der Waals surface area contributed by atoms with Crippen molar-refractivity contribution in [2.24, 2.45) is 0 Å². The zero-order valence-corrected chi connectivity index (χ0v) is 6.66. The number of halogens is 1. The van der Waals surface area contributed by atoms with Crippen LogP contribution in [0.1, 0.15) is 32.1 Å². The summed E-state index contributed by atoms with van der Waals surface area (Å²) in [6.45, 7) is 0. The van der Waals surface area contributed by atoms with Gasteiger partial charge in [0.1, 0.15) is 5.00 Å². The van der Waals surface area contributed by atoms with Gasteiger partial charge >= 0.3 is 0 Å². The Labute approximate surface area is 65.9 Å². The SMILES string of the molecule is O=CNC1(Cl)CCCCC1. The summed E-state index contributed by atoms with van der Waals surface area (Å²) >= 11 is 6.03. The standard InChI is InChI=1S/C7H12ClNO/c8-7(9-6-10)4-2-1-3-5-7/h6H,1-5H2,(H,9,10). The summed E-state index contributed by atoms with van der Waals surface area (Å²) in [5.41, 5.74) is 0. The number of amides is 1. The van der Waals surface area contributed by atoms with Crippen molar-refractivity contribution >= 4 is 18.0 Å². The summed E-state index contributed by atoms with van der Waals surface area (Å²) in [5.74, 6) is 0. The van der Waals surface area contributed by atoms with Gasteiger partial charge in [-0.05, 0) is 25.7 Å². The van der Waals surface area contributed by atoms with Crippen molar-refractivity contribution in [3.05, 3.63) is 0 Å². The van der Waals surface area contributed by atoms with Crippen LogP contribution in [0.25, 0.3) is 0 Å². The van der Waals surface area contributed by atoms with E-state index in [1.807, 2.05) is 0 Å². The summed E-state index contributed by atoms with van der Waals surface area (Å²) in [7, 11) is 0. The first-order valence-electron chi connectivity index (χ1n) is 3.67. The van der Waals surface area contributed by atoms with Gasteiger partial charge in [0.25, 0.3) is 0 Å². The number of hydrogen-bond acceptors (Lipinski definition) is 1. The minimum absolute atomic E-state index is 0.417. The van der Waals surface area contributed by atoms with E-state index in [0.29, 0.717) is 6.41 Å². The molecule has 0 radical (unpaired) electrons. The van der Waals surface area contributed by atoms with Gasteiger partial charge in [-0.15, -0.1) is 0 Å². The van der Waals surface area contributed by atoms with Crippen molar-refractivity contribution in [1.29, 1.82) is 0 Å². The van der Waals surface area contributed by atoms with Gasteiger partial charge in [0.2, 0.25) is 6.41 Å². The molecule has 3 heteroatoms. The zero-order valence-electron chi connectivity index (χ0n) is 5.90. The van der Waals surface area contributed by atoms with Crippen LogP contribution in [-0.4, -0.2) is 11.4 Å². The number of hydrogen-bond donors (Lipinski definition) is 1. The van der Waals surface area contributed by atoms with E-state index < -0.39 is 5.00 Å². The third-order valence-corrected chi connectivity index (χ3v) is 2.45. The molecule has 0 aromatic carbocycles. The van der Waals surface area contributed by atoms with Gasteiger partial charge in [-0.3, -0.25) is 4.79 Å². The highest BCUT2D eigenvalue weighted by molar-refractivity contribution is 6.24. The number of nitrogens with one attached hydrogen (secondary N) is 1. The second-order valence-electron chi connectivity index (χ2n) is 2.79. The lowest BCUT2D eigenvalue weighted by molar-refractivity contribution is -0.110. The van der Waals surface area contributed by atoms with Crippen molar-refractivity contribution in [2.75, 3.05) is 0 Å². The van der Waals surface area contributed by atoms with Gasteiger partial charge in [-0.2, -0.15) is 0 Å². The molecule has 1 aliphatic rings. The second-order valence-corrected chi connectivity index (χ2v) is 3.51. The molecule has 0 unspecified atom stereocenters. The molecule has 58 valence electrons. The molecular weight excluding hydrogens is 150 g/mol. The van der Waals surface area contributed by atoms with Crippen molar-refractivity contribution in [3.8, 4) is 0 Å². The summed E-state index contributed by atoms with van der Waals surface area (Å²) < 4.78 is 0. The van der Waals surface area contributed by atoms with Gasteiger partial charge in [-0.1, -0.05) is 18.0 Å². The van der Waals surface area contributed by atoms with Crippen LogP contribution in [0.2, 0.25) is 0 Å². The first-order valence-corrected chi connectivity index (χ1v) is 4.05. The fourth-order valence-corrected chi connectivity index (χ4v) is 1.67. The molecule has 0 saturated heterocycles. The van der Waals surface area contributed by atoms with Gasteiger partial charge in [0.15, 0.2) is 0 Å². The van der Waals surface area contributed by atoms with E-state index in [0.717, 1.165) is 25.7 Å². The molecule has 0 aromatic rings. The van der Waals surface area contributed by atoms with Crippen LogP contribution in [-0.2, 0) is 4.79 Å². The van der Waals surface area contributed by atoms with E-state index in [9.17, 15) is 4.79 Å². The molecule has 0 heterocycles. The van der Waals surface area contributed by atoms with E-state index in [1.54, 1.807) is 0 Å². The molecule has 0 aromatic heterocycles. The molecule has 0 aliphatic heterocycles. The molecule has 0 atom stereocenters. The van der Waals surface area contributed by atoms with Crippen molar-refractivity contribution in [2.45, 2.75) is 37.1 Å². The van der Waals surface area contributed by atoms with Crippen molar-refractivity contribution < 1.29 is 4.79 Å². The van der Waals surface area contributed by atoms with Gasteiger partial charge < -0.3 is 5.32 Å². The van der Waals surface area contributed by atoms with E-state index in [4.69, 9.17) is 11.6 Å². The Bertz CT molecular complexity index is 121. The first-order chi connectivity index (χ1) is 4.77. The van der Waals surface area contributed by atoms with E-state index >= 15 is 0 Å². The quantitative estimate of drug-likeness (QED) is 0.372. The Morgan fingerprint density at radius 1 is 1.30 bits per heavy atom. The zero-order chi connectivity index (χ0) is 7.45. The van der Waals surface area contributed by atoms with E-state index in [1.165, 1.54) is 6.42 Å². The Morgan fingerprint density at radius 2 is 1.90 bits per heavy atom. The lowest BCUT2D eigenvalue weighted by Gasteiger charge is -2.30. The summed E-state index contributed by atoms with van der Waals surface area (Å²) in [4.78, 5) is 9.67. The molecule has 0 spiro atoms. The topological polar surface area (TPSA) is 29.1 Å². The number of carbonyl (C=O) groups is 1. The van der Waals surface area contributed by atoms with Crippen LogP contribution in [0, 0.1) is 0 Å². The van der Waals surface area contributed by atoms with Gasteiger partial charge in [-0.25, -0.2) is 0 Å². The lowest BCUT2D eigenvalue weighted by Crippen LogP contribution is -2.40. The number of rotatable bonds is 2. The number of alkyl halides is 1. The van der Waals surface area contributed by atoms with Crippen molar-refractivity contribution in [1.82, 2.24) is 5.32 Å². The highest BCUT2D eigenvalue weighted by atomic mass is 35.5. The summed E-state index contributed by atoms with van der Waals surface area (Å²) in [5, 5.41) is 2.65. The molecule has 1 amide bonds. The van der Waals surface area contributed by atoms with Gasteiger partial charge in [0.05, 0.1) is 0 Å². The number of carbonyl (C=O) groups excluding carboxylic acids is 1. The van der Waals surface area contributed by atoms with Crippen LogP contribution >= 0.6 is 11.6 Å². The molecule has 1 saturated carbocycles. The van der Waals surface area contributed by atoms with E-state index in [-0.39, 0.29) is 0 Å². The van der Waals surface area contributed by atoms with Crippen LogP contribution in [0.4, 0.5) is 0 Å². The molecule has 1 fully saturated rings. The first kappa shape index (κ1) is 7.86. The largest absolute Gasteiger partial charge is 0.340 e. The Hall–Kier alpha value is -0.240. The molecular formula is C7H12ClNO. The molecule has 1 N–H and O–H groups in total. The minimum atomic E-state index is -0.417. The predicted octanol–water partition coefficient (Wildman–Crippen LogP) is 1.63. The van der Waals surface area contributed by atoms with Crippen molar-refractivity contribution in [3.63, 3.8) is 0 Å². The van der Waals surface area contributed by atoms with Crippen LogP contribution in [0.15, 0.2) is 0 Å². The smallest absolute Gasteiger partial charge is 0.208 e. The van der Waals surface area contributed by atoms with Gasteiger partial charge in [0, 0.05) is 0 Å². The van der Waals surface area contributed by atoms with E-state index in [2.05, 4.69) is 5.32 Å². The summed E-state index contributed by atoms with van der Waals surface area (Å²) in [6.07, 6.45) is 6.02. The minimum Gasteiger partial charge on any atom is -0.340 e. The fraction of sp³-hybridized carbons (Fsp3) is 0.857. The average Bonchev–Trinajstić information content (AvgIpc) is 1.89. The maximum atomic E-state index is 10.1. The highest BCUT2D eigenvalue weighted by Gasteiger charge is 2.27.